The number of aromatic nitrogens is 2. The first-order valence-corrected chi connectivity index (χ1v) is 7.76. The summed E-state index contributed by atoms with van der Waals surface area (Å²) >= 11 is 0. The zero-order valence-electron chi connectivity index (χ0n) is 13.6. The first-order valence-electron chi connectivity index (χ1n) is 7.76. The van der Waals surface area contributed by atoms with Crippen LogP contribution in [0.5, 0.6) is 0 Å². The summed E-state index contributed by atoms with van der Waals surface area (Å²) < 4.78 is 27.5. The Hall–Kier alpha value is -2.57. The van der Waals surface area contributed by atoms with Crippen LogP contribution >= 0.6 is 0 Å². The number of amides is 1. The highest BCUT2D eigenvalue weighted by molar-refractivity contribution is 5.92. The van der Waals surface area contributed by atoms with Crippen LogP contribution in [0.4, 0.5) is 8.78 Å². The SMILES string of the molecule is CCCCn1nc(C(=O)NC(C)c2ccc(F)c(F)c2)ccc1=O. The lowest BCUT2D eigenvalue weighted by Gasteiger charge is -2.14. The molecule has 1 aromatic carbocycles. The Labute approximate surface area is 138 Å². The summed E-state index contributed by atoms with van der Waals surface area (Å²) in [5.74, 6) is -2.40. The van der Waals surface area contributed by atoms with Crippen molar-refractivity contribution in [2.75, 3.05) is 0 Å². The minimum Gasteiger partial charge on any atom is -0.344 e. The third-order valence-electron chi connectivity index (χ3n) is 3.61. The Morgan fingerprint density at radius 2 is 2.00 bits per heavy atom. The lowest BCUT2D eigenvalue weighted by atomic mass is 10.1. The number of nitrogens with zero attached hydrogens (tertiary/aromatic N) is 2. The fraction of sp³-hybridized carbons (Fsp3) is 0.353. The van der Waals surface area contributed by atoms with E-state index in [1.807, 2.05) is 6.92 Å². The maximum Gasteiger partial charge on any atom is 0.272 e. The molecule has 128 valence electrons. The number of carbonyl (C=O) groups is 1. The van der Waals surface area contributed by atoms with E-state index in [0.29, 0.717) is 12.1 Å². The van der Waals surface area contributed by atoms with Gasteiger partial charge in [0.1, 0.15) is 5.69 Å². The summed E-state index contributed by atoms with van der Waals surface area (Å²) in [5, 5.41) is 6.70. The molecule has 0 aliphatic carbocycles. The van der Waals surface area contributed by atoms with Crippen LogP contribution in [-0.4, -0.2) is 15.7 Å². The standard InChI is InChI=1S/C17H19F2N3O2/c1-3-4-9-22-16(23)8-7-15(21-22)17(24)20-11(2)12-5-6-13(18)14(19)10-12/h5-8,10-11H,3-4,9H2,1-2H3,(H,20,24). The average molecular weight is 335 g/mol. The van der Waals surface area contributed by atoms with Gasteiger partial charge in [-0.3, -0.25) is 9.59 Å². The van der Waals surface area contributed by atoms with Crippen molar-refractivity contribution in [1.82, 2.24) is 15.1 Å². The summed E-state index contributed by atoms with van der Waals surface area (Å²) in [4.78, 5) is 24.0. The molecule has 1 atom stereocenters. The second-order valence-corrected chi connectivity index (χ2v) is 5.50. The van der Waals surface area contributed by atoms with Crippen molar-refractivity contribution in [1.29, 1.82) is 0 Å². The van der Waals surface area contributed by atoms with Gasteiger partial charge in [0.2, 0.25) is 0 Å². The zero-order valence-corrected chi connectivity index (χ0v) is 13.6. The van der Waals surface area contributed by atoms with Crippen molar-refractivity contribution in [3.8, 4) is 0 Å². The van der Waals surface area contributed by atoms with Gasteiger partial charge in [0.05, 0.1) is 6.04 Å². The van der Waals surface area contributed by atoms with E-state index in [-0.39, 0.29) is 11.3 Å². The lowest BCUT2D eigenvalue weighted by molar-refractivity contribution is 0.0932. The quantitative estimate of drug-likeness (QED) is 0.883. The summed E-state index contributed by atoms with van der Waals surface area (Å²) in [5.41, 5.74) is 0.260. The molecule has 0 saturated carbocycles. The fourth-order valence-electron chi connectivity index (χ4n) is 2.17. The Morgan fingerprint density at radius 3 is 2.67 bits per heavy atom. The van der Waals surface area contributed by atoms with Gasteiger partial charge < -0.3 is 5.32 Å². The van der Waals surface area contributed by atoms with E-state index in [0.717, 1.165) is 25.0 Å². The Bertz CT molecular complexity index is 790. The van der Waals surface area contributed by atoms with Gasteiger partial charge in [0.15, 0.2) is 11.6 Å². The van der Waals surface area contributed by atoms with Crippen molar-refractivity contribution in [2.45, 2.75) is 39.3 Å². The monoisotopic (exact) mass is 335 g/mol. The lowest BCUT2D eigenvalue weighted by Crippen LogP contribution is -2.31. The number of carbonyl (C=O) groups excluding carboxylic acids is 1. The molecule has 0 fully saturated rings. The summed E-state index contributed by atoms with van der Waals surface area (Å²) in [6, 6.07) is 5.55. The van der Waals surface area contributed by atoms with Gasteiger partial charge in [-0.1, -0.05) is 19.4 Å². The highest BCUT2D eigenvalue weighted by atomic mass is 19.2. The number of hydrogen-bond acceptors (Lipinski definition) is 3. The third kappa shape index (κ3) is 4.24. The molecule has 1 N–H and O–H groups in total. The number of unbranched alkanes of at least 4 members (excludes halogenated alkanes) is 1. The van der Waals surface area contributed by atoms with Crippen LogP contribution in [0.25, 0.3) is 0 Å². The van der Waals surface area contributed by atoms with E-state index in [9.17, 15) is 18.4 Å². The molecule has 2 aromatic rings. The number of benzene rings is 1. The fourth-order valence-corrected chi connectivity index (χ4v) is 2.17. The van der Waals surface area contributed by atoms with Crippen LogP contribution in [0, 0.1) is 11.6 Å². The van der Waals surface area contributed by atoms with Gasteiger partial charge in [-0.2, -0.15) is 5.10 Å². The number of halogens is 2. The van der Waals surface area contributed by atoms with Gasteiger partial charge in [-0.15, -0.1) is 0 Å². The maximum absolute atomic E-state index is 13.3. The molecule has 1 heterocycles. The predicted molar refractivity (Wildman–Crippen MR) is 85.6 cm³/mol. The molecule has 0 aliphatic rings. The zero-order chi connectivity index (χ0) is 17.7. The molecule has 1 aromatic heterocycles. The van der Waals surface area contributed by atoms with Gasteiger partial charge in [0.25, 0.3) is 11.5 Å². The molecular formula is C17H19F2N3O2. The minimum absolute atomic E-state index is 0.0973. The van der Waals surface area contributed by atoms with E-state index in [2.05, 4.69) is 10.4 Å². The van der Waals surface area contributed by atoms with Crippen molar-refractivity contribution < 1.29 is 13.6 Å². The van der Waals surface area contributed by atoms with Crippen molar-refractivity contribution in [3.05, 3.63) is 63.6 Å². The van der Waals surface area contributed by atoms with Crippen molar-refractivity contribution in [3.63, 3.8) is 0 Å². The Morgan fingerprint density at radius 1 is 1.25 bits per heavy atom. The van der Waals surface area contributed by atoms with E-state index in [1.54, 1.807) is 6.92 Å². The highest BCUT2D eigenvalue weighted by Gasteiger charge is 2.15. The topological polar surface area (TPSA) is 64.0 Å². The minimum atomic E-state index is -0.972. The predicted octanol–water partition coefficient (Wildman–Crippen LogP) is 2.81. The van der Waals surface area contributed by atoms with Crippen LogP contribution in [0.2, 0.25) is 0 Å². The second-order valence-electron chi connectivity index (χ2n) is 5.50. The Balaban J connectivity index is 2.13. The van der Waals surface area contributed by atoms with Crippen molar-refractivity contribution >= 4 is 5.91 Å². The van der Waals surface area contributed by atoms with Crippen LogP contribution in [0.1, 0.15) is 48.8 Å². The van der Waals surface area contributed by atoms with Gasteiger partial charge in [-0.25, -0.2) is 13.5 Å². The first kappa shape index (κ1) is 17.8. The normalized spacial score (nSPS) is 12.0. The first-order chi connectivity index (χ1) is 11.4. The molecule has 24 heavy (non-hydrogen) atoms. The van der Waals surface area contributed by atoms with Crippen LogP contribution in [0.3, 0.4) is 0 Å². The molecule has 0 saturated heterocycles. The Kier molecular flexibility index (Phi) is 5.78. The molecule has 1 amide bonds. The number of aryl methyl sites for hydroxylation is 1. The molecule has 2 rings (SSSR count). The van der Waals surface area contributed by atoms with Gasteiger partial charge in [-0.05, 0) is 37.1 Å². The molecule has 5 nitrogen and oxygen atoms in total. The average Bonchev–Trinajstić information content (AvgIpc) is 2.56. The maximum atomic E-state index is 13.3. The number of rotatable bonds is 6. The number of nitrogens with one attached hydrogen (secondary N) is 1. The van der Waals surface area contributed by atoms with E-state index in [4.69, 9.17) is 0 Å². The van der Waals surface area contributed by atoms with Crippen LogP contribution in [-0.2, 0) is 6.54 Å². The molecule has 0 spiro atoms. The molecule has 0 aliphatic heterocycles. The largest absolute Gasteiger partial charge is 0.344 e. The second kappa shape index (κ2) is 7.81. The molecule has 0 bridgehead atoms. The smallest absolute Gasteiger partial charge is 0.272 e. The molecule has 1 unspecified atom stereocenters. The van der Waals surface area contributed by atoms with Crippen LogP contribution < -0.4 is 10.9 Å². The van der Waals surface area contributed by atoms with E-state index >= 15 is 0 Å². The summed E-state index contributed by atoms with van der Waals surface area (Å²) in [6.45, 7) is 4.08. The van der Waals surface area contributed by atoms with Crippen molar-refractivity contribution in [2.24, 2.45) is 0 Å². The molecule has 7 heteroatoms. The summed E-state index contributed by atoms with van der Waals surface area (Å²) in [7, 11) is 0. The van der Waals surface area contributed by atoms with Gasteiger partial charge in [0, 0.05) is 12.6 Å². The molecule has 0 radical (unpaired) electrons. The van der Waals surface area contributed by atoms with E-state index < -0.39 is 23.6 Å². The third-order valence-corrected chi connectivity index (χ3v) is 3.61. The van der Waals surface area contributed by atoms with Gasteiger partial charge >= 0.3 is 0 Å². The summed E-state index contributed by atoms with van der Waals surface area (Å²) in [6.07, 6.45) is 1.68. The van der Waals surface area contributed by atoms with E-state index in [1.165, 1.54) is 22.9 Å². The molecular weight excluding hydrogens is 316 g/mol. The van der Waals surface area contributed by atoms with Crippen LogP contribution in [0.15, 0.2) is 35.1 Å². The number of hydrogen-bond donors (Lipinski definition) is 1. The highest BCUT2D eigenvalue weighted by Crippen LogP contribution is 2.16.